The number of aryl methyl sites for hydroxylation is 1. The van der Waals surface area contributed by atoms with E-state index in [2.05, 4.69) is 10.6 Å². The van der Waals surface area contributed by atoms with Crippen LogP contribution in [0.4, 0.5) is 5.69 Å². The molecular weight excluding hydrogens is 300 g/mol. The van der Waals surface area contributed by atoms with E-state index in [0.29, 0.717) is 24.4 Å². The molecule has 0 spiro atoms. The Morgan fingerprint density at radius 2 is 1.75 bits per heavy atom. The van der Waals surface area contributed by atoms with Gasteiger partial charge in [-0.25, -0.2) is 0 Å². The number of carbonyl (C=O) groups is 2. The molecule has 0 unspecified atom stereocenters. The molecule has 0 saturated heterocycles. The highest BCUT2D eigenvalue weighted by molar-refractivity contribution is 6.04. The van der Waals surface area contributed by atoms with E-state index < -0.39 is 0 Å². The Hall–Kier alpha value is -2.62. The zero-order valence-corrected chi connectivity index (χ0v) is 14.4. The van der Waals surface area contributed by atoms with Crippen LogP contribution in [0.3, 0.4) is 0 Å². The van der Waals surface area contributed by atoms with Gasteiger partial charge in [0.1, 0.15) is 0 Å². The van der Waals surface area contributed by atoms with E-state index in [0.717, 1.165) is 16.8 Å². The highest BCUT2D eigenvalue weighted by Crippen LogP contribution is 2.13. The molecule has 0 bridgehead atoms. The molecule has 4 heteroatoms. The molecule has 0 aromatic heterocycles. The Morgan fingerprint density at radius 3 is 2.42 bits per heavy atom. The lowest BCUT2D eigenvalue weighted by atomic mass is 10.1. The molecular formula is C20H24N2O2. The molecule has 0 aliphatic heterocycles. The average Bonchev–Trinajstić information content (AvgIpc) is 2.53. The monoisotopic (exact) mass is 324 g/mol. The van der Waals surface area contributed by atoms with Crippen molar-refractivity contribution in [2.75, 3.05) is 5.32 Å². The van der Waals surface area contributed by atoms with E-state index in [-0.39, 0.29) is 11.8 Å². The molecule has 2 amide bonds. The minimum atomic E-state index is -0.143. The minimum Gasteiger partial charge on any atom is -0.352 e. The van der Waals surface area contributed by atoms with Crippen LogP contribution >= 0.6 is 0 Å². The second kappa shape index (κ2) is 8.29. The Morgan fingerprint density at radius 1 is 1.04 bits per heavy atom. The third-order valence-corrected chi connectivity index (χ3v) is 3.58. The molecule has 126 valence electrons. The van der Waals surface area contributed by atoms with Crippen molar-refractivity contribution in [3.63, 3.8) is 0 Å². The predicted octanol–water partition coefficient (Wildman–Crippen LogP) is 3.91. The molecule has 0 aliphatic rings. The standard InChI is InChI=1S/C20H24N2O2/c1-14(2)11-19(23)21-13-16-5-4-6-18(12-16)22-20(24)17-9-7-15(3)8-10-17/h4-10,12,14H,11,13H2,1-3H3,(H,21,23)(H,22,24). The fourth-order valence-corrected chi connectivity index (χ4v) is 2.31. The molecule has 0 saturated carbocycles. The number of hydrogen-bond donors (Lipinski definition) is 2. The lowest BCUT2D eigenvalue weighted by Crippen LogP contribution is -2.24. The van der Waals surface area contributed by atoms with Crippen LogP contribution in [-0.4, -0.2) is 11.8 Å². The summed E-state index contributed by atoms with van der Waals surface area (Å²) < 4.78 is 0. The lowest BCUT2D eigenvalue weighted by Gasteiger charge is -2.10. The van der Waals surface area contributed by atoms with Crippen LogP contribution in [0.5, 0.6) is 0 Å². The summed E-state index contributed by atoms with van der Waals surface area (Å²) >= 11 is 0. The lowest BCUT2D eigenvalue weighted by molar-refractivity contribution is -0.121. The van der Waals surface area contributed by atoms with Gasteiger partial charge < -0.3 is 10.6 Å². The molecule has 0 aliphatic carbocycles. The Labute approximate surface area is 143 Å². The Balaban J connectivity index is 1.96. The first kappa shape index (κ1) is 17.7. The fourth-order valence-electron chi connectivity index (χ4n) is 2.31. The number of rotatable bonds is 6. The van der Waals surface area contributed by atoms with E-state index in [1.807, 2.05) is 57.2 Å². The van der Waals surface area contributed by atoms with Gasteiger partial charge in [-0.05, 0) is 42.7 Å². The third-order valence-electron chi connectivity index (χ3n) is 3.58. The zero-order chi connectivity index (χ0) is 17.5. The molecule has 2 aromatic rings. The van der Waals surface area contributed by atoms with E-state index >= 15 is 0 Å². The SMILES string of the molecule is Cc1ccc(C(=O)Nc2cccc(CNC(=O)CC(C)C)c2)cc1. The zero-order valence-electron chi connectivity index (χ0n) is 14.4. The molecule has 2 rings (SSSR count). The number of anilines is 1. The van der Waals surface area contributed by atoms with Crippen molar-refractivity contribution in [1.29, 1.82) is 0 Å². The molecule has 0 atom stereocenters. The maximum atomic E-state index is 12.2. The molecule has 24 heavy (non-hydrogen) atoms. The normalized spacial score (nSPS) is 10.5. The van der Waals surface area contributed by atoms with Crippen LogP contribution in [0.2, 0.25) is 0 Å². The highest BCUT2D eigenvalue weighted by atomic mass is 16.2. The number of nitrogens with one attached hydrogen (secondary N) is 2. The molecule has 4 nitrogen and oxygen atoms in total. The summed E-state index contributed by atoms with van der Waals surface area (Å²) in [5.74, 6) is 0.236. The topological polar surface area (TPSA) is 58.2 Å². The van der Waals surface area contributed by atoms with Gasteiger partial charge in [0.05, 0.1) is 0 Å². The molecule has 0 radical (unpaired) electrons. The molecule has 2 aromatic carbocycles. The van der Waals surface area contributed by atoms with Crippen molar-refractivity contribution in [3.05, 3.63) is 65.2 Å². The maximum Gasteiger partial charge on any atom is 0.255 e. The quantitative estimate of drug-likeness (QED) is 0.846. The first-order chi connectivity index (χ1) is 11.4. The first-order valence-corrected chi connectivity index (χ1v) is 8.17. The van der Waals surface area contributed by atoms with Gasteiger partial charge in [-0.1, -0.05) is 43.7 Å². The van der Waals surface area contributed by atoms with Crippen molar-refractivity contribution in [2.45, 2.75) is 33.7 Å². The van der Waals surface area contributed by atoms with Crippen molar-refractivity contribution in [1.82, 2.24) is 5.32 Å². The smallest absolute Gasteiger partial charge is 0.255 e. The summed E-state index contributed by atoms with van der Waals surface area (Å²) in [4.78, 5) is 24.0. The van der Waals surface area contributed by atoms with E-state index in [9.17, 15) is 9.59 Å². The summed E-state index contributed by atoms with van der Waals surface area (Å²) in [7, 11) is 0. The van der Waals surface area contributed by atoms with E-state index in [4.69, 9.17) is 0 Å². The minimum absolute atomic E-state index is 0.0408. The first-order valence-electron chi connectivity index (χ1n) is 8.17. The van der Waals surface area contributed by atoms with Crippen molar-refractivity contribution < 1.29 is 9.59 Å². The summed E-state index contributed by atoms with van der Waals surface area (Å²) in [6.45, 7) is 6.47. The fraction of sp³-hybridized carbons (Fsp3) is 0.300. The van der Waals surface area contributed by atoms with Crippen LogP contribution in [0, 0.1) is 12.8 Å². The van der Waals surface area contributed by atoms with Gasteiger partial charge in [-0.15, -0.1) is 0 Å². The van der Waals surface area contributed by atoms with Crippen LogP contribution in [0.15, 0.2) is 48.5 Å². The highest BCUT2D eigenvalue weighted by Gasteiger charge is 2.07. The number of benzene rings is 2. The molecule has 2 N–H and O–H groups in total. The van der Waals surface area contributed by atoms with Crippen molar-refractivity contribution in [3.8, 4) is 0 Å². The largest absolute Gasteiger partial charge is 0.352 e. The van der Waals surface area contributed by atoms with E-state index in [1.54, 1.807) is 12.1 Å². The summed E-state index contributed by atoms with van der Waals surface area (Å²) in [5, 5.41) is 5.78. The average molecular weight is 324 g/mol. The Bertz CT molecular complexity index is 706. The van der Waals surface area contributed by atoms with Crippen LogP contribution in [0.25, 0.3) is 0 Å². The summed E-state index contributed by atoms with van der Waals surface area (Å²) in [6.07, 6.45) is 0.518. The number of amides is 2. The second-order valence-corrected chi connectivity index (χ2v) is 6.40. The second-order valence-electron chi connectivity index (χ2n) is 6.40. The van der Waals surface area contributed by atoms with Gasteiger partial charge in [0.15, 0.2) is 0 Å². The van der Waals surface area contributed by atoms with Gasteiger partial charge in [0.25, 0.3) is 5.91 Å². The van der Waals surface area contributed by atoms with E-state index in [1.165, 1.54) is 0 Å². The Kier molecular flexibility index (Phi) is 6.13. The van der Waals surface area contributed by atoms with Crippen LogP contribution < -0.4 is 10.6 Å². The third kappa shape index (κ3) is 5.54. The summed E-state index contributed by atoms with van der Waals surface area (Å²) in [5.41, 5.74) is 3.41. The van der Waals surface area contributed by atoms with Crippen LogP contribution in [0.1, 0.15) is 41.8 Å². The predicted molar refractivity (Wildman–Crippen MR) is 96.9 cm³/mol. The van der Waals surface area contributed by atoms with Gasteiger partial charge in [0.2, 0.25) is 5.91 Å². The molecule has 0 heterocycles. The summed E-state index contributed by atoms with van der Waals surface area (Å²) in [6, 6.07) is 15.0. The maximum absolute atomic E-state index is 12.2. The van der Waals surface area contributed by atoms with Crippen molar-refractivity contribution >= 4 is 17.5 Å². The number of hydrogen-bond acceptors (Lipinski definition) is 2. The van der Waals surface area contributed by atoms with Crippen LogP contribution in [-0.2, 0) is 11.3 Å². The van der Waals surface area contributed by atoms with Gasteiger partial charge >= 0.3 is 0 Å². The van der Waals surface area contributed by atoms with Gasteiger partial charge in [0, 0.05) is 24.2 Å². The number of carbonyl (C=O) groups excluding carboxylic acids is 2. The molecule has 0 fully saturated rings. The van der Waals surface area contributed by atoms with Gasteiger partial charge in [-0.2, -0.15) is 0 Å². The van der Waals surface area contributed by atoms with Gasteiger partial charge in [-0.3, -0.25) is 9.59 Å². The van der Waals surface area contributed by atoms with Crippen molar-refractivity contribution in [2.24, 2.45) is 5.92 Å².